The first-order valence-electron chi connectivity index (χ1n) is 10.4. The van der Waals surface area contributed by atoms with Crippen LogP contribution >= 0.6 is 34.8 Å². The fraction of sp³-hybridized carbons (Fsp3) is 0.571. The van der Waals surface area contributed by atoms with Crippen LogP contribution in [0.15, 0.2) is 12.1 Å². The van der Waals surface area contributed by atoms with Crippen molar-refractivity contribution in [1.82, 2.24) is 9.78 Å². The Kier molecular flexibility index (Phi) is 7.00. The summed E-state index contributed by atoms with van der Waals surface area (Å²) in [5.41, 5.74) is -0.0703. The van der Waals surface area contributed by atoms with Gasteiger partial charge in [0.25, 0.3) is 0 Å². The van der Waals surface area contributed by atoms with Crippen LogP contribution < -0.4 is 9.64 Å². The Balaban J connectivity index is 1.53. The van der Waals surface area contributed by atoms with Crippen molar-refractivity contribution in [2.24, 2.45) is 5.92 Å². The average molecular weight is 529 g/mol. The minimum absolute atomic E-state index is 0.0226. The number of nitrogens with zero attached hydrogens (tertiary/aromatic N) is 3. The number of hydrogen-bond acceptors (Lipinski definition) is 5. The van der Waals surface area contributed by atoms with Gasteiger partial charge in [-0.2, -0.15) is 18.3 Å². The summed E-state index contributed by atoms with van der Waals surface area (Å²) in [5, 5.41) is 4.27. The van der Waals surface area contributed by atoms with Crippen LogP contribution in [0.3, 0.4) is 0 Å². The molecule has 0 amide bonds. The zero-order valence-electron chi connectivity index (χ0n) is 18.0. The average Bonchev–Trinajstić information content (AvgIpc) is 3.35. The van der Waals surface area contributed by atoms with Crippen molar-refractivity contribution < 1.29 is 27.4 Å². The Labute approximate surface area is 204 Å². The summed E-state index contributed by atoms with van der Waals surface area (Å²) < 4.78 is 58.3. The monoisotopic (exact) mass is 527 g/mol. The Hall–Kier alpha value is -1.39. The topological polar surface area (TPSA) is 48.8 Å². The van der Waals surface area contributed by atoms with E-state index >= 15 is 0 Å². The van der Waals surface area contributed by atoms with Crippen molar-refractivity contribution in [2.75, 3.05) is 38.3 Å². The molecule has 0 spiro atoms. The molecule has 3 heterocycles. The van der Waals surface area contributed by atoms with Crippen molar-refractivity contribution in [3.63, 3.8) is 0 Å². The van der Waals surface area contributed by atoms with E-state index in [1.54, 1.807) is 12.1 Å². The minimum Gasteiger partial charge on any atom is -0.495 e. The van der Waals surface area contributed by atoms with E-state index in [2.05, 4.69) is 10.00 Å². The molecule has 0 N–H and O–H groups in total. The van der Waals surface area contributed by atoms with Crippen LogP contribution in [-0.4, -0.2) is 49.0 Å². The molecule has 12 heteroatoms. The smallest absolute Gasteiger partial charge is 0.436 e. The molecule has 2 aliphatic rings. The maximum atomic E-state index is 13.3. The van der Waals surface area contributed by atoms with Gasteiger partial charge in [0.15, 0.2) is 11.5 Å². The number of hydrogen-bond donors (Lipinski definition) is 0. The highest BCUT2D eigenvalue weighted by Crippen LogP contribution is 2.42. The summed E-state index contributed by atoms with van der Waals surface area (Å²) in [7, 11) is 1.54. The van der Waals surface area contributed by atoms with Crippen LogP contribution in [0, 0.1) is 12.8 Å². The van der Waals surface area contributed by atoms with Crippen molar-refractivity contribution in [3.8, 4) is 5.75 Å². The van der Waals surface area contributed by atoms with Gasteiger partial charge in [-0.15, -0.1) is 0 Å². The molecule has 0 saturated carbocycles. The Morgan fingerprint density at radius 1 is 1.12 bits per heavy atom. The minimum atomic E-state index is -4.64. The van der Waals surface area contributed by atoms with Crippen LogP contribution in [0.2, 0.25) is 15.1 Å². The highest BCUT2D eigenvalue weighted by atomic mass is 35.5. The first-order chi connectivity index (χ1) is 15.6. The summed E-state index contributed by atoms with van der Waals surface area (Å²) in [4.78, 5) is 2.12. The number of methoxy groups -OCH3 is 1. The van der Waals surface area contributed by atoms with E-state index in [0.29, 0.717) is 54.9 Å². The summed E-state index contributed by atoms with van der Waals surface area (Å²) >= 11 is 18.5. The quantitative estimate of drug-likeness (QED) is 0.488. The second-order valence-electron chi connectivity index (χ2n) is 8.11. The molecule has 4 rings (SSSR count). The van der Waals surface area contributed by atoms with E-state index in [1.807, 2.05) is 0 Å². The van der Waals surface area contributed by atoms with Gasteiger partial charge in [0.1, 0.15) is 5.75 Å². The lowest BCUT2D eigenvalue weighted by atomic mass is 9.87. The van der Waals surface area contributed by atoms with Crippen molar-refractivity contribution in [2.45, 2.75) is 38.3 Å². The standard InChI is InChI=1S/C21H23Cl3F3N3O3/c1-12-18(24)19(21(25,26)27)28-30(12)11-20(32-7-8-33-20)13-3-5-29(6-4-13)16-10-17(31-2)15(23)9-14(16)22/h9-10,13H,3-8,11H2,1-2H3. The summed E-state index contributed by atoms with van der Waals surface area (Å²) in [6, 6.07) is 3.45. The molecular formula is C21H23Cl3F3N3O3. The summed E-state index contributed by atoms with van der Waals surface area (Å²) in [6.07, 6.45) is -3.27. The van der Waals surface area contributed by atoms with Gasteiger partial charge in [-0.25, -0.2) is 0 Å². The Morgan fingerprint density at radius 2 is 1.76 bits per heavy atom. The number of piperidine rings is 1. The van der Waals surface area contributed by atoms with E-state index in [0.717, 1.165) is 5.69 Å². The number of aromatic nitrogens is 2. The number of ether oxygens (including phenoxy) is 3. The molecule has 6 nitrogen and oxygen atoms in total. The second kappa shape index (κ2) is 9.34. The van der Waals surface area contributed by atoms with Gasteiger partial charge in [-0.1, -0.05) is 34.8 Å². The van der Waals surface area contributed by atoms with Crippen LogP contribution in [0.5, 0.6) is 5.75 Å². The molecule has 0 aliphatic carbocycles. The predicted octanol–water partition coefficient (Wildman–Crippen LogP) is 5.84. The number of anilines is 1. The molecule has 182 valence electrons. The van der Waals surface area contributed by atoms with Crippen molar-refractivity contribution >= 4 is 40.5 Å². The molecule has 33 heavy (non-hydrogen) atoms. The second-order valence-corrected chi connectivity index (χ2v) is 9.30. The van der Waals surface area contributed by atoms with Gasteiger partial charge in [0.2, 0.25) is 0 Å². The zero-order valence-corrected chi connectivity index (χ0v) is 20.3. The van der Waals surface area contributed by atoms with E-state index in [1.165, 1.54) is 18.7 Å². The maximum Gasteiger partial charge on any atom is 0.436 e. The molecule has 0 bridgehead atoms. The predicted molar refractivity (Wildman–Crippen MR) is 120 cm³/mol. The number of alkyl halides is 3. The number of benzene rings is 1. The zero-order chi connectivity index (χ0) is 24.0. The van der Waals surface area contributed by atoms with Crippen LogP contribution in [0.4, 0.5) is 18.9 Å². The maximum absolute atomic E-state index is 13.3. The Morgan fingerprint density at radius 3 is 2.30 bits per heavy atom. The van der Waals surface area contributed by atoms with Gasteiger partial charge in [0, 0.05) is 25.1 Å². The van der Waals surface area contributed by atoms with Crippen LogP contribution in [0.1, 0.15) is 24.2 Å². The van der Waals surface area contributed by atoms with Crippen molar-refractivity contribution in [3.05, 3.63) is 38.6 Å². The molecule has 1 aromatic heterocycles. The fourth-order valence-corrected chi connectivity index (χ4v) is 5.29. The summed E-state index contributed by atoms with van der Waals surface area (Å²) in [6.45, 7) is 3.55. The molecule has 2 fully saturated rings. The van der Waals surface area contributed by atoms with Crippen LogP contribution in [-0.2, 0) is 22.2 Å². The van der Waals surface area contributed by atoms with Gasteiger partial charge in [0.05, 0.1) is 53.3 Å². The Bertz CT molecular complexity index is 1020. The van der Waals surface area contributed by atoms with Gasteiger partial charge in [-0.05, 0) is 25.8 Å². The van der Waals surface area contributed by atoms with Gasteiger partial charge in [-0.3, -0.25) is 4.68 Å². The molecule has 0 unspecified atom stereocenters. The fourth-order valence-electron chi connectivity index (χ4n) is 4.47. The van der Waals surface area contributed by atoms with Crippen LogP contribution in [0.25, 0.3) is 0 Å². The third-order valence-electron chi connectivity index (χ3n) is 6.23. The molecule has 0 radical (unpaired) electrons. The van der Waals surface area contributed by atoms with Gasteiger partial charge < -0.3 is 19.1 Å². The molecule has 2 aliphatic heterocycles. The van der Waals surface area contributed by atoms with E-state index in [-0.39, 0.29) is 18.2 Å². The molecule has 0 atom stereocenters. The number of halogens is 6. The SMILES string of the molecule is COc1cc(N2CCC(C3(Cn4nc(C(F)(F)F)c(Cl)c4C)OCCO3)CC2)c(Cl)cc1Cl. The molecular weight excluding hydrogens is 506 g/mol. The third kappa shape index (κ3) is 4.75. The first-order valence-corrected chi connectivity index (χ1v) is 11.5. The van der Waals surface area contributed by atoms with E-state index < -0.39 is 22.7 Å². The highest BCUT2D eigenvalue weighted by molar-refractivity contribution is 6.37. The lowest BCUT2D eigenvalue weighted by Gasteiger charge is -2.42. The lowest BCUT2D eigenvalue weighted by molar-refractivity contribution is -0.210. The highest BCUT2D eigenvalue weighted by Gasteiger charge is 2.47. The van der Waals surface area contributed by atoms with Crippen molar-refractivity contribution in [1.29, 1.82) is 0 Å². The molecule has 1 aromatic carbocycles. The van der Waals surface area contributed by atoms with Gasteiger partial charge >= 0.3 is 6.18 Å². The normalized spacial score (nSPS) is 19.3. The molecule has 2 aromatic rings. The van der Waals surface area contributed by atoms with E-state index in [4.69, 9.17) is 49.0 Å². The summed E-state index contributed by atoms with van der Waals surface area (Å²) in [5.74, 6) is -0.596. The van der Waals surface area contributed by atoms with E-state index in [9.17, 15) is 13.2 Å². The third-order valence-corrected chi connectivity index (χ3v) is 7.28. The number of rotatable bonds is 5. The lowest BCUT2D eigenvalue weighted by Crippen LogP contribution is -2.49. The first kappa shape index (κ1) is 24.7. The molecule has 2 saturated heterocycles. The largest absolute Gasteiger partial charge is 0.495 e.